The van der Waals surface area contributed by atoms with Crippen molar-refractivity contribution >= 4 is 40.0 Å². The van der Waals surface area contributed by atoms with Crippen molar-refractivity contribution in [2.75, 3.05) is 19.5 Å². The van der Waals surface area contributed by atoms with Crippen LogP contribution in [0.2, 0.25) is 0 Å². The summed E-state index contributed by atoms with van der Waals surface area (Å²) in [5.74, 6) is -2.45. The van der Waals surface area contributed by atoms with E-state index in [1.807, 2.05) is 0 Å². The smallest absolute Gasteiger partial charge is 0.332 e. The van der Waals surface area contributed by atoms with Gasteiger partial charge >= 0.3 is 5.97 Å². The minimum absolute atomic E-state index is 0.129. The molecule has 1 aliphatic heterocycles. The van der Waals surface area contributed by atoms with Crippen LogP contribution in [0.25, 0.3) is 0 Å². The van der Waals surface area contributed by atoms with Gasteiger partial charge in [-0.3, -0.25) is 14.4 Å². The molecule has 2 amide bonds. The SMILES string of the molecule is CO/N=C(/C(=O)N[C@@H]1C(=O)N(OCC(=O)O)[C@H]1C)c1csc(N)n1. The molecule has 1 aromatic rings. The van der Waals surface area contributed by atoms with E-state index in [4.69, 9.17) is 15.7 Å². The molecule has 0 unspecified atom stereocenters. The summed E-state index contributed by atoms with van der Waals surface area (Å²) in [4.78, 5) is 48.1. The number of aliphatic carboxylic acids is 1. The van der Waals surface area contributed by atoms with Crippen LogP contribution < -0.4 is 11.1 Å². The van der Waals surface area contributed by atoms with Crippen molar-refractivity contribution < 1.29 is 29.2 Å². The highest BCUT2D eigenvalue weighted by Gasteiger charge is 2.47. The topological polar surface area (TPSA) is 156 Å². The van der Waals surface area contributed by atoms with E-state index in [0.717, 1.165) is 16.4 Å². The largest absolute Gasteiger partial charge is 0.479 e. The molecule has 0 radical (unpaired) electrons. The lowest BCUT2D eigenvalue weighted by Gasteiger charge is -2.43. The van der Waals surface area contributed by atoms with E-state index in [0.29, 0.717) is 0 Å². The Morgan fingerprint density at radius 2 is 2.29 bits per heavy atom. The quantitative estimate of drug-likeness (QED) is 0.312. The standard InChI is InChI=1S/C12H15N5O6S/c1-5-8(11(21)17(5)23-3-7(18)19)15-10(20)9(16-22-2)6-4-24-12(13)14-6/h4-5,8H,3H2,1-2H3,(H2,13,14)(H,15,20)(H,18,19)/b16-9+/t5-,8-/m0/s1. The summed E-state index contributed by atoms with van der Waals surface area (Å²) in [5.41, 5.74) is 5.61. The molecule has 1 saturated heterocycles. The molecule has 2 atom stereocenters. The van der Waals surface area contributed by atoms with Crippen LogP contribution in [0, 0.1) is 0 Å². The molecular formula is C12H15N5O6S. The number of nitrogens with one attached hydrogen (secondary N) is 1. The molecule has 0 spiro atoms. The van der Waals surface area contributed by atoms with Gasteiger partial charge in [-0.15, -0.1) is 11.3 Å². The van der Waals surface area contributed by atoms with E-state index >= 15 is 0 Å². The molecule has 2 rings (SSSR count). The lowest BCUT2D eigenvalue weighted by molar-refractivity contribution is -0.233. The Bertz CT molecular complexity index is 689. The lowest BCUT2D eigenvalue weighted by atomic mass is 10.00. The number of rotatable bonds is 7. The van der Waals surface area contributed by atoms with E-state index in [1.165, 1.54) is 12.5 Å². The van der Waals surface area contributed by atoms with Crippen molar-refractivity contribution in [1.29, 1.82) is 0 Å². The summed E-state index contributed by atoms with van der Waals surface area (Å²) in [5, 5.41) is 17.3. The number of β-lactam (4-membered cyclic amide) rings is 1. The molecule has 0 bridgehead atoms. The first-order valence-corrected chi connectivity index (χ1v) is 7.54. The Labute approximate surface area is 140 Å². The van der Waals surface area contributed by atoms with Gasteiger partial charge in [0.05, 0.1) is 6.04 Å². The number of nitrogens with two attached hydrogens (primary N) is 1. The average Bonchev–Trinajstić information content (AvgIpc) is 2.96. The highest BCUT2D eigenvalue weighted by Crippen LogP contribution is 2.20. The minimum Gasteiger partial charge on any atom is -0.479 e. The van der Waals surface area contributed by atoms with Crippen LogP contribution in [0.5, 0.6) is 0 Å². The number of nitrogen functional groups attached to an aromatic ring is 1. The zero-order chi connectivity index (χ0) is 17.9. The number of oxime groups is 1. The van der Waals surface area contributed by atoms with E-state index < -0.39 is 36.5 Å². The first kappa shape index (κ1) is 17.6. The van der Waals surface area contributed by atoms with Crippen LogP contribution in [0.1, 0.15) is 12.6 Å². The van der Waals surface area contributed by atoms with Crippen LogP contribution in [0.4, 0.5) is 5.13 Å². The number of hydrogen-bond acceptors (Lipinski definition) is 9. The van der Waals surface area contributed by atoms with Gasteiger partial charge in [0.25, 0.3) is 11.8 Å². The second kappa shape index (κ2) is 7.23. The highest BCUT2D eigenvalue weighted by atomic mass is 32.1. The number of thiazole rings is 1. The monoisotopic (exact) mass is 357 g/mol. The van der Waals surface area contributed by atoms with Crippen molar-refractivity contribution in [3.8, 4) is 0 Å². The fourth-order valence-electron chi connectivity index (χ4n) is 1.99. The second-order valence-corrected chi connectivity index (χ2v) is 5.61. The molecule has 0 aromatic carbocycles. The van der Waals surface area contributed by atoms with Crippen LogP contribution in [0.15, 0.2) is 10.5 Å². The molecular weight excluding hydrogens is 342 g/mol. The van der Waals surface area contributed by atoms with Crippen molar-refractivity contribution in [2.45, 2.75) is 19.0 Å². The Hall–Kier alpha value is -2.73. The summed E-state index contributed by atoms with van der Waals surface area (Å²) < 4.78 is 0. The maximum absolute atomic E-state index is 12.3. The molecule has 4 N–H and O–H groups in total. The van der Waals surface area contributed by atoms with Gasteiger partial charge in [-0.05, 0) is 6.92 Å². The number of anilines is 1. The van der Waals surface area contributed by atoms with Gasteiger partial charge in [-0.1, -0.05) is 5.16 Å². The molecule has 0 aliphatic carbocycles. The number of aromatic nitrogens is 1. The molecule has 12 heteroatoms. The fraction of sp³-hybridized carbons (Fsp3) is 0.417. The van der Waals surface area contributed by atoms with Gasteiger partial charge in [-0.2, -0.15) is 0 Å². The fourth-order valence-corrected chi connectivity index (χ4v) is 2.54. The van der Waals surface area contributed by atoms with E-state index in [1.54, 1.807) is 6.92 Å². The Morgan fingerprint density at radius 3 is 2.79 bits per heavy atom. The summed E-state index contributed by atoms with van der Waals surface area (Å²) in [6.07, 6.45) is 0. The third-order valence-corrected chi connectivity index (χ3v) is 3.79. The van der Waals surface area contributed by atoms with E-state index in [9.17, 15) is 14.4 Å². The third kappa shape index (κ3) is 3.60. The molecule has 1 aromatic heterocycles. The minimum atomic E-state index is -1.21. The molecule has 1 fully saturated rings. The number of carbonyl (C=O) groups excluding carboxylic acids is 2. The number of carbonyl (C=O) groups is 3. The second-order valence-electron chi connectivity index (χ2n) is 4.72. The number of carboxylic acids is 1. The normalized spacial score (nSPS) is 20.5. The van der Waals surface area contributed by atoms with Crippen LogP contribution in [-0.2, 0) is 24.1 Å². The van der Waals surface area contributed by atoms with E-state index in [-0.39, 0.29) is 16.5 Å². The molecule has 2 heterocycles. The maximum Gasteiger partial charge on any atom is 0.332 e. The molecule has 11 nitrogen and oxygen atoms in total. The maximum atomic E-state index is 12.3. The molecule has 1 aliphatic rings. The predicted molar refractivity (Wildman–Crippen MR) is 81.9 cm³/mol. The number of carboxylic acid groups (broad SMARTS) is 1. The number of nitrogens with zero attached hydrogens (tertiary/aromatic N) is 3. The molecule has 24 heavy (non-hydrogen) atoms. The summed E-state index contributed by atoms with van der Waals surface area (Å²) in [6, 6.07) is -1.41. The van der Waals surface area contributed by atoms with Crippen LogP contribution in [-0.4, -0.2) is 64.4 Å². The third-order valence-electron chi connectivity index (χ3n) is 3.11. The van der Waals surface area contributed by atoms with Gasteiger partial charge in [0.1, 0.15) is 18.8 Å². The van der Waals surface area contributed by atoms with Crippen LogP contribution in [0.3, 0.4) is 0 Å². The van der Waals surface area contributed by atoms with Gasteiger partial charge in [-0.25, -0.2) is 14.8 Å². The first-order valence-electron chi connectivity index (χ1n) is 6.66. The van der Waals surface area contributed by atoms with Crippen molar-refractivity contribution in [1.82, 2.24) is 15.4 Å². The zero-order valence-electron chi connectivity index (χ0n) is 12.8. The summed E-state index contributed by atoms with van der Waals surface area (Å²) in [7, 11) is 1.27. The van der Waals surface area contributed by atoms with Crippen molar-refractivity contribution in [3.05, 3.63) is 11.1 Å². The molecule has 0 saturated carbocycles. The van der Waals surface area contributed by atoms with Crippen molar-refractivity contribution in [2.24, 2.45) is 5.16 Å². The lowest BCUT2D eigenvalue weighted by Crippen LogP contribution is -2.70. The number of hydroxylamine groups is 2. The van der Waals surface area contributed by atoms with Crippen molar-refractivity contribution in [3.63, 3.8) is 0 Å². The number of amides is 2. The Morgan fingerprint density at radius 1 is 1.58 bits per heavy atom. The number of hydrogen-bond donors (Lipinski definition) is 3. The van der Waals surface area contributed by atoms with E-state index in [2.05, 4.69) is 20.3 Å². The average molecular weight is 357 g/mol. The zero-order valence-corrected chi connectivity index (χ0v) is 13.6. The Balaban J connectivity index is 2.02. The van der Waals surface area contributed by atoms with Gasteiger partial charge < -0.3 is 21.0 Å². The van der Waals surface area contributed by atoms with Crippen LogP contribution >= 0.6 is 11.3 Å². The Kier molecular flexibility index (Phi) is 5.31. The first-order chi connectivity index (χ1) is 11.3. The van der Waals surface area contributed by atoms with Gasteiger partial charge in [0, 0.05) is 5.38 Å². The summed E-state index contributed by atoms with van der Waals surface area (Å²) >= 11 is 1.12. The highest BCUT2D eigenvalue weighted by molar-refractivity contribution is 7.13. The van der Waals surface area contributed by atoms with Gasteiger partial charge in [0.2, 0.25) is 0 Å². The molecule has 130 valence electrons. The predicted octanol–water partition coefficient (Wildman–Crippen LogP) is -1.19. The summed E-state index contributed by atoms with van der Waals surface area (Å²) in [6.45, 7) is 0.952. The van der Waals surface area contributed by atoms with Gasteiger partial charge in [0.15, 0.2) is 17.5 Å².